The van der Waals surface area contributed by atoms with Crippen LogP contribution in [0.4, 0.5) is 0 Å². The maximum absolute atomic E-state index is 12.7. The zero-order chi connectivity index (χ0) is 17.1. The van der Waals surface area contributed by atoms with Crippen molar-refractivity contribution < 1.29 is 9.59 Å². The van der Waals surface area contributed by atoms with Gasteiger partial charge in [-0.3, -0.25) is 9.59 Å². The topological polar surface area (TPSA) is 49.4 Å². The van der Waals surface area contributed by atoms with E-state index in [1.54, 1.807) is 4.90 Å². The molecule has 4 nitrogen and oxygen atoms in total. The summed E-state index contributed by atoms with van der Waals surface area (Å²) in [6.07, 6.45) is 0. The Labute approximate surface area is 142 Å². The van der Waals surface area contributed by atoms with Gasteiger partial charge in [-0.15, -0.1) is 0 Å². The zero-order valence-electron chi connectivity index (χ0n) is 14.0. The Bertz CT molecular complexity index is 740. The molecule has 0 saturated carbocycles. The molecule has 1 heterocycles. The van der Waals surface area contributed by atoms with E-state index in [2.05, 4.69) is 5.32 Å². The largest absolute Gasteiger partial charge is 0.350 e. The average molecular weight is 322 g/mol. The maximum atomic E-state index is 12.7. The molecule has 1 aliphatic heterocycles. The van der Waals surface area contributed by atoms with E-state index < -0.39 is 6.04 Å². The van der Waals surface area contributed by atoms with Crippen molar-refractivity contribution >= 4 is 11.8 Å². The highest BCUT2D eigenvalue weighted by Gasteiger charge is 2.37. The molecular weight excluding hydrogens is 300 g/mol. The van der Waals surface area contributed by atoms with Crippen molar-refractivity contribution in [1.29, 1.82) is 0 Å². The first-order valence-corrected chi connectivity index (χ1v) is 8.28. The van der Waals surface area contributed by atoms with Gasteiger partial charge in [-0.05, 0) is 23.1 Å². The van der Waals surface area contributed by atoms with E-state index in [-0.39, 0.29) is 17.7 Å². The van der Waals surface area contributed by atoms with Crippen LogP contribution in [0.5, 0.6) is 0 Å². The van der Waals surface area contributed by atoms with Crippen molar-refractivity contribution in [1.82, 2.24) is 10.2 Å². The normalized spacial score (nSPS) is 14.6. The lowest BCUT2D eigenvalue weighted by molar-refractivity contribution is -0.127. The summed E-state index contributed by atoms with van der Waals surface area (Å²) >= 11 is 0. The summed E-state index contributed by atoms with van der Waals surface area (Å²) in [5.74, 6) is -0.117. The SMILES string of the molecule is CC(C)C(C(=O)NCc1ccccc1)N1Cc2ccccc2C1=O. The molecule has 1 unspecified atom stereocenters. The Morgan fingerprint density at radius 1 is 1.08 bits per heavy atom. The summed E-state index contributed by atoms with van der Waals surface area (Å²) < 4.78 is 0. The molecule has 2 aromatic carbocycles. The molecule has 0 spiro atoms. The standard InChI is InChI=1S/C20H22N2O2/c1-14(2)18(19(23)21-12-15-8-4-3-5-9-15)22-13-16-10-6-7-11-17(16)20(22)24/h3-11,14,18H,12-13H2,1-2H3,(H,21,23). The summed E-state index contributed by atoms with van der Waals surface area (Å²) in [7, 11) is 0. The fourth-order valence-corrected chi connectivity index (χ4v) is 3.20. The first-order chi connectivity index (χ1) is 11.6. The molecule has 0 saturated heterocycles. The van der Waals surface area contributed by atoms with Crippen LogP contribution >= 0.6 is 0 Å². The Hall–Kier alpha value is -2.62. The van der Waals surface area contributed by atoms with Gasteiger partial charge in [-0.25, -0.2) is 0 Å². The second kappa shape index (κ2) is 6.87. The van der Waals surface area contributed by atoms with E-state index in [1.165, 1.54) is 0 Å². The highest BCUT2D eigenvalue weighted by atomic mass is 16.2. The van der Waals surface area contributed by atoms with Crippen LogP contribution in [0.2, 0.25) is 0 Å². The molecule has 0 aromatic heterocycles. The number of rotatable bonds is 5. The summed E-state index contributed by atoms with van der Waals surface area (Å²) in [4.78, 5) is 27.1. The third-order valence-electron chi connectivity index (χ3n) is 4.39. The van der Waals surface area contributed by atoms with Crippen molar-refractivity contribution in [2.75, 3.05) is 0 Å². The molecule has 0 aliphatic carbocycles. The minimum Gasteiger partial charge on any atom is -0.350 e. The van der Waals surface area contributed by atoms with Crippen LogP contribution in [0, 0.1) is 5.92 Å². The van der Waals surface area contributed by atoms with Crippen LogP contribution in [-0.4, -0.2) is 22.8 Å². The van der Waals surface area contributed by atoms with Gasteiger partial charge in [-0.2, -0.15) is 0 Å². The number of amides is 2. The van der Waals surface area contributed by atoms with E-state index >= 15 is 0 Å². The molecule has 2 aromatic rings. The molecule has 2 amide bonds. The van der Waals surface area contributed by atoms with Crippen LogP contribution in [0.3, 0.4) is 0 Å². The van der Waals surface area contributed by atoms with Crippen LogP contribution in [0.1, 0.15) is 35.3 Å². The third-order valence-corrected chi connectivity index (χ3v) is 4.39. The number of fused-ring (bicyclic) bond motifs is 1. The minimum absolute atomic E-state index is 0.0408. The first kappa shape index (κ1) is 16.2. The minimum atomic E-state index is -0.464. The van der Waals surface area contributed by atoms with Crippen molar-refractivity contribution in [2.24, 2.45) is 5.92 Å². The fourth-order valence-electron chi connectivity index (χ4n) is 3.20. The van der Waals surface area contributed by atoms with E-state index in [4.69, 9.17) is 0 Å². The van der Waals surface area contributed by atoms with Gasteiger partial charge in [-0.1, -0.05) is 62.4 Å². The quantitative estimate of drug-likeness (QED) is 0.920. The van der Waals surface area contributed by atoms with Gasteiger partial charge in [0.1, 0.15) is 6.04 Å². The second-order valence-electron chi connectivity index (χ2n) is 6.48. The Morgan fingerprint density at radius 2 is 1.75 bits per heavy atom. The summed E-state index contributed by atoms with van der Waals surface area (Å²) in [5, 5.41) is 2.97. The van der Waals surface area contributed by atoms with Crippen molar-refractivity contribution in [3.05, 3.63) is 71.3 Å². The first-order valence-electron chi connectivity index (χ1n) is 8.28. The molecule has 1 aliphatic rings. The van der Waals surface area contributed by atoms with E-state index in [1.807, 2.05) is 68.4 Å². The van der Waals surface area contributed by atoms with Gasteiger partial charge in [0, 0.05) is 18.7 Å². The third kappa shape index (κ3) is 3.18. The monoisotopic (exact) mass is 322 g/mol. The number of nitrogens with one attached hydrogen (secondary N) is 1. The van der Waals surface area contributed by atoms with E-state index in [0.29, 0.717) is 18.7 Å². The molecule has 0 fully saturated rings. The summed E-state index contributed by atoms with van der Waals surface area (Å²) in [6.45, 7) is 4.92. The van der Waals surface area contributed by atoms with Gasteiger partial charge in [0.15, 0.2) is 0 Å². The molecule has 4 heteroatoms. The lowest BCUT2D eigenvalue weighted by Crippen LogP contribution is -2.49. The lowest BCUT2D eigenvalue weighted by Gasteiger charge is -2.30. The van der Waals surface area contributed by atoms with Crippen LogP contribution in [0.25, 0.3) is 0 Å². The van der Waals surface area contributed by atoms with Gasteiger partial charge in [0.25, 0.3) is 5.91 Å². The molecule has 0 bridgehead atoms. The smallest absolute Gasteiger partial charge is 0.255 e. The van der Waals surface area contributed by atoms with Crippen LogP contribution in [-0.2, 0) is 17.9 Å². The predicted molar refractivity (Wildman–Crippen MR) is 93.2 cm³/mol. The maximum Gasteiger partial charge on any atom is 0.255 e. The predicted octanol–water partition coefficient (Wildman–Crippen LogP) is 2.98. The Balaban J connectivity index is 1.74. The molecule has 0 radical (unpaired) electrons. The molecule has 24 heavy (non-hydrogen) atoms. The number of carbonyl (C=O) groups excluding carboxylic acids is 2. The van der Waals surface area contributed by atoms with Crippen molar-refractivity contribution in [2.45, 2.75) is 33.0 Å². The van der Waals surface area contributed by atoms with Gasteiger partial charge < -0.3 is 10.2 Å². The number of hydrogen-bond acceptors (Lipinski definition) is 2. The Morgan fingerprint density at radius 3 is 2.42 bits per heavy atom. The van der Waals surface area contributed by atoms with Crippen molar-refractivity contribution in [3.8, 4) is 0 Å². The van der Waals surface area contributed by atoms with Gasteiger partial charge >= 0.3 is 0 Å². The Kier molecular flexibility index (Phi) is 4.65. The number of benzene rings is 2. The number of nitrogens with zero attached hydrogens (tertiary/aromatic N) is 1. The summed E-state index contributed by atoms with van der Waals surface area (Å²) in [5.41, 5.74) is 2.74. The highest BCUT2D eigenvalue weighted by Crippen LogP contribution is 2.27. The molecule has 1 N–H and O–H groups in total. The highest BCUT2D eigenvalue weighted by molar-refractivity contribution is 6.01. The van der Waals surface area contributed by atoms with Crippen LogP contribution in [0.15, 0.2) is 54.6 Å². The molecule has 1 atom stereocenters. The summed E-state index contributed by atoms with van der Waals surface area (Å²) in [6, 6.07) is 16.9. The molecular formula is C20H22N2O2. The second-order valence-corrected chi connectivity index (χ2v) is 6.48. The van der Waals surface area contributed by atoms with Gasteiger partial charge in [0.2, 0.25) is 5.91 Å². The van der Waals surface area contributed by atoms with E-state index in [0.717, 1.165) is 11.1 Å². The molecule has 124 valence electrons. The van der Waals surface area contributed by atoms with Crippen LogP contribution < -0.4 is 5.32 Å². The lowest BCUT2D eigenvalue weighted by atomic mass is 10.0. The van der Waals surface area contributed by atoms with Crippen molar-refractivity contribution in [3.63, 3.8) is 0 Å². The molecule has 3 rings (SSSR count). The zero-order valence-corrected chi connectivity index (χ0v) is 14.0. The van der Waals surface area contributed by atoms with E-state index in [9.17, 15) is 9.59 Å². The fraction of sp³-hybridized carbons (Fsp3) is 0.300. The average Bonchev–Trinajstić information content (AvgIpc) is 2.91. The van der Waals surface area contributed by atoms with Gasteiger partial charge in [0.05, 0.1) is 0 Å². The number of hydrogen-bond donors (Lipinski definition) is 1. The number of carbonyl (C=O) groups is 2.